The number of hydrogen-bond acceptors (Lipinski definition) is 1. The first kappa shape index (κ1) is 13.2. The molecular formula is C14H18F3N. The first-order chi connectivity index (χ1) is 8.66. The molecule has 1 saturated carbocycles. The first-order valence-corrected chi connectivity index (χ1v) is 6.55. The van der Waals surface area contributed by atoms with Crippen LogP contribution in [-0.4, -0.2) is 6.54 Å². The van der Waals surface area contributed by atoms with Gasteiger partial charge in [0.15, 0.2) is 11.6 Å². The van der Waals surface area contributed by atoms with E-state index >= 15 is 0 Å². The van der Waals surface area contributed by atoms with Crippen LogP contribution in [0.3, 0.4) is 0 Å². The Balaban J connectivity index is 1.94. The van der Waals surface area contributed by atoms with Crippen LogP contribution < -0.4 is 5.32 Å². The highest BCUT2D eigenvalue weighted by atomic mass is 19.2. The van der Waals surface area contributed by atoms with Gasteiger partial charge in [0.05, 0.1) is 5.69 Å². The van der Waals surface area contributed by atoms with E-state index in [-0.39, 0.29) is 5.69 Å². The summed E-state index contributed by atoms with van der Waals surface area (Å²) in [7, 11) is 0. The van der Waals surface area contributed by atoms with Crippen molar-refractivity contribution >= 4 is 5.69 Å². The van der Waals surface area contributed by atoms with Crippen LogP contribution >= 0.6 is 0 Å². The molecule has 2 rings (SSSR count). The van der Waals surface area contributed by atoms with Crippen LogP contribution in [-0.2, 0) is 0 Å². The second-order valence-electron chi connectivity index (χ2n) is 4.98. The van der Waals surface area contributed by atoms with Gasteiger partial charge in [-0.25, -0.2) is 13.2 Å². The second kappa shape index (κ2) is 6.12. The lowest BCUT2D eigenvalue weighted by atomic mass is 10.0. The van der Waals surface area contributed by atoms with Gasteiger partial charge >= 0.3 is 0 Å². The molecule has 1 aliphatic carbocycles. The quantitative estimate of drug-likeness (QED) is 0.621. The van der Waals surface area contributed by atoms with E-state index in [9.17, 15) is 13.2 Å². The number of benzene rings is 1. The minimum absolute atomic E-state index is 0.0538. The van der Waals surface area contributed by atoms with Gasteiger partial charge in [0.2, 0.25) is 0 Å². The Bertz CT molecular complexity index is 398. The lowest BCUT2D eigenvalue weighted by molar-refractivity contribution is 0.478. The molecule has 1 nitrogen and oxygen atoms in total. The summed E-state index contributed by atoms with van der Waals surface area (Å²) in [5.74, 6) is -2.39. The fourth-order valence-electron chi connectivity index (χ4n) is 2.48. The molecule has 1 aliphatic rings. The molecule has 0 aromatic heterocycles. The Morgan fingerprint density at radius 1 is 0.889 bits per heavy atom. The van der Waals surface area contributed by atoms with Crippen molar-refractivity contribution in [2.75, 3.05) is 11.9 Å². The van der Waals surface area contributed by atoms with Gasteiger partial charge in [-0.1, -0.05) is 25.7 Å². The molecule has 0 spiro atoms. The van der Waals surface area contributed by atoms with Gasteiger partial charge in [0, 0.05) is 18.7 Å². The molecule has 0 aliphatic heterocycles. The maximum absolute atomic E-state index is 13.4. The summed E-state index contributed by atoms with van der Waals surface area (Å²) in [5.41, 5.74) is 0.0538. The third-order valence-electron chi connectivity index (χ3n) is 3.57. The highest BCUT2D eigenvalue weighted by Gasteiger charge is 2.14. The minimum Gasteiger partial charge on any atom is -0.382 e. The Labute approximate surface area is 105 Å². The predicted octanol–water partition coefficient (Wildman–Crippen LogP) is 4.49. The zero-order valence-electron chi connectivity index (χ0n) is 10.3. The van der Waals surface area contributed by atoms with E-state index in [0.29, 0.717) is 18.5 Å². The Morgan fingerprint density at radius 2 is 1.50 bits per heavy atom. The van der Waals surface area contributed by atoms with Crippen molar-refractivity contribution in [3.05, 3.63) is 29.6 Å². The van der Waals surface area contributed by atoms with Crippen LogP contribution in [0.5, 0.6) is 0 Å². The summed E-state index contributed by atoms with van der Waals surface area (Å²) in [6, 6.07) is 1.48. The molecule has 0 atom stereocenters. The molecule has 18 heavy (non-hydrogen) atoms. The van der Waals surface area contributed by atoms with Gasteiger partial charge in [-0.3, -0.25) is 0 Å². The van der Waals surface area contributed by atoms with Crippen LogP contribution in [0.4, 0.5) is 18.9 Å². The molecule has 0 unspecified atom stereocenters. The van der Waals surface area contributed by atoms with Gasteiger partial charge in [-0.2, -0.15) is 0 Å². The van der Waals surface area contributed by atoms with Crippen LogP contribution in [0.25, 0.3) is 0 Å². The van der Waals surface area contributed by atoms with E-state index in [1.54, 1.807) is 0 Å². The maximum Gasteiger partial charge on any atom is 0.161 e. The molecule has 100 valence electrons. The van der Waals surface area contributed by atoms with Crippen LogP contribution in [0.2, 0.25) is 0 Å². The van der Waals surface area contributed by atoms with E-state index in [4.69, 9.17) is 0 Å². The van der Waals surface area contributed by atoms with Crippen molar-refractivity contribution in [2.24, 2.45) is 5.92 Å². The largest absolute Gasteiger partial charge is 0.382 e. The fraction of sp³-hybridized carbons (Fsp3) is 0.571. The topological polar surface area (TPSA) is 12.0 Å². The van der Waals surface area contributed by atoms with Crippen molar-refractivity contribution in [2.45, 2.75) is 38.5 Å². The molecule has 0 heterocycles. The summed E-state index contributed by atoms with van der Waals surface area (Å²) < 4.78 is 39.2. The zero-order chi connectivity index (χ0) is 13.0. The zero-order valence-corrected chi connectivity index (χ0v) is 10.3. The maximum atomic E-state index is 13.4. The molecule has 1 N–H and O–H groups in total. The molecule has 0 amide bonds. The third-order valence-corrected chi connectivity index (χ3v) is 3.57. The summed E-state index contributed by atoms with van der Waals surface area (Å²) in [4.78, 5) is 0. The van der Waals surface area contributed by atoms with Crippen molar-refractivity contribution in [1.29, 1.82) is 0 Å². The molecule has 1 aromatic rings. The van der Waals surface area contributed by atoms with E-state index in [2.05, 4.69) is 5.32 Å². The fourth-order valence-corrected chi connectivity index (χ4v) is 2.48. The Kier molecular flexibility index (Phi) is 4.50. The van der Waals surface area contributed by atoms with Crippen molar-refractivity contribution in [3.8, 4) is 0 Å². The Hall–Kier alpha value is -1.19. The standard InChI is InChI=1S/C14H18F3N/c15-11-7-13(17)14(8-12(11)16)18-9-10-5-3-1-2-4-6-10/h7-8,10,18H,1-6,9H2. The van der Waals surface area contributed by atoms with E-state index < -0.39 is 17.5 Å². The summed E-state index contributed by atoms with van der Waals surface area (Å²) in [6.45, 7) is 0.627. The van der Waals surface area contributed by atoms with Crippen LogP contribution in [0, 0.1) is 23.4 Å². The van der Waals surface area contributed by atoms with Crippen LogP contribution in [0.1, 0.15) is 38.5 Å². The van der Waals surface area contributed by atoms with Gasteiger partial charge in [0.1, 0.15) is 5.82 Å². The third kappa shape index (κ3) is 3.40. The molecule has 4 heteroatoms. The SMILES string of the molecule is Fc1cc(F)c(NCC2CCCCCC2)cc1F. The average Bonchev–Trinajstić information content (AvgIpc) is 2.60. The number of nitrogens with one attached hydrogen (secondary N) is 1. The van der Waals surface area contributed by atoms with Gasteiger partial charge in [-0.15, -0.1) is 0 Å². The molecule has 1 fully saturated rings. The minimum atomic E-state index is -1.15. The molecular weight excluding hydrogens is 239 g/mol. The first-order valence-electron chi connectivity index (χ1n) is 6.55. The summed E-state index contributed by atoms with van der Waals surface area (Å²) in [5, 5.41) is 2.90. The molecule has 0 radical (unpaired) electrons. The van der Waals surface area contributed by atoms with Crippen LogP contribution in [0.15, 0.2) is 12.1 Å². The van der Waals surface area contributed by atoms with E-state index in [1.807, 2.05) is 0 Å². The molecule has 0 bridgehead atoms. The highest BCUT2D eigenvalue weighted by molar-refractivity contribution is 5.45. The monoisotopic (exact) mass is 257 g/mol. The number of hydrogen-bond donors (Lipinski definition) is 1. The Morgan fingerprint density at radius 3 is 2.17 bits per heavy atom. The van der Waals surface area contributed by atoms with E-state index in [0.717, 1.165) is 18.9 Å². The van der Waals surface area contributed by atoms with Crippen molar-refractivity contribution in [3.63, 3.8) is 0 Å². The lowest BCUT2D eigenvalue weighted by Gasteiger charge is -2.16. The number of anilines is 1. The number of rotatable bonds is 3. The highest BCUT2D eigenvalue weighted by Crippen LogP contribution is 2.24. The van der Waals surface area contributed by atoms with Gasteiger partial charge in [0.25, 0.3) is 0 Å². The molecule has 0 saturated heterocycles. The van der Waals surface area contributed by atoms with Gasteiger partial charge < -0.3 is 5.32 Å². The summed E-state index contributed by atoms with van der Waals surface area (Å²) in [6.07, 6.45) is 7.17. The van der Waals surface area contributed by atoms with Crippen molar-refractivity contribution < 1.29 is 13.2 Å². The normalized spacial score (nSPS) is 17.5. The smallest absolute Gasteiger partial charge is 0.161 e. The number of halogens is 3. The second-order valence-corrected chi connectivity index (χ2v) is 4.98. The van der Waals surface area contributed by atoms with Gasteiger partial charge in [-0.05, 0) is 18.8 Å². The summed E-state index contributed by atoms with van der Waals surface area (Å²) >= 11 is 0. The lowest BCUT2D eigenvalue weighted by Crippen LogP contribution is -2.14. The molecule has 1 aromatic carbocycles. The average molecular weight is 257 g/mol. The van der Waals surface area contributed by atoms with Crippen molar-refractivity contribution in [1.82, 2.24) is 0 Å². The predicted molar refractivity (Wildman–Crippen MR) is 66.0 cm³/mol. The van der Waals surface area contributed by atoms with E-state index in [1.165, 1.54) is 25.7 Å².